The van der Waals surface area contributed by atoms with Crippen LogP contribution >= 0.6 is 0 Å². The first-order valence-electron chi connectivity index (χ1n) is 20.8. The molecule has 238 valence electrons. The summed E-state index contributed by atoms with van der Waals surface area (Å²) in [5.74, 6) is 0.359. The van der Waals surface area contributed by atoms with E-state index in [1.165, 1.54) is 0 Å². The minimum absolute atomic E-state index is 0.138. The molecule has 0 aliphatic carbocycles. The van der Waals surface area contributed by atoms with Crippen molar-refractivity contribution in [2.75, 3.05) is 0 Å². The molecule has 0 saturated carbocycles. The molecule has 0 radical (unpaired) electrons. The molecule has 0 fully saturated rings. The smallest absolute Gasteiger partial charge is 0.140 e. The number of benzene rings is 7. The van der Waals surface area contributed by atoms with Crippen LogP contribution in [0.3, 0.4) is 0 Å². The third-order valence-corrected chi connectivity index (χ3v) is 9.90. The summed E-state index contributed by atoms with van der Waals surface area (Å²) in [5.41, 5.74) is 6.60. The van der Waals surface area contributed by atoms with Crippen molar-refractivity contribution >= 4 is 65.4 Å². The first kappa shape index (κ1) is 21.2. The zero-order chi connectivity index (χ0) is 40.4. The zero-order valence-corrected chi connectivity index (χ0v) is 27.0. The lowest BCUT2D eigenvalue weighted by molar-refractivity contribution is 1.06. The van der Waals surface area contributed by atoms with Gasteiger partial charge in [0, 0.05) is 43.9 Å². The fraction of sp³-hybridized carbons (Fsp3) is 0. The molecule has 0 saturated heterocycles. The van der Waals surface area contributed by atoms with Crippen LogP contribution in [0.25, 0.3) is 93.9 Å². The van der Waals surface area contributed by atoms with Crippen molar-refractivity contribution in [2.45, 2.75) is 0 Å². The minimum Gasteiger partial charge on any atom is -0.309 e. The number of hydrogen-bond acceptors (Lipinski definition) is 1. The average Bonchev–Trinajstić information content (AvgIpc) is 3.92. The Hall–Kier alpha value is -6.91. The van der Waals surface area contributed by atoms with E-state index in [0.29, 0.717) is 55.3 Å². The van der Waals surface area contributed by atoms with E-state index in [2.05, 4.69) is 34.9 Å². The predicted molar refractivity (Wildman–Crippen MR) is 213 cm³/mol. The lowest BCUT2D eigenvalue weighted by atomic mass is 10.1. The van der Waals surface area contributed by atoms with Crippen LogP contribution in [-0.4, -0.2) is 18.7 Å². The molecule has 0 aliphatic heterocycles. The summed E-state index contributed by atoms with van der Waals surface area (Å²) in [6.45, 7) is 0. The molecule has 0 spiro atoms. The third kappa shape index (κ3) is 4.05. The van der Waals surface area contributed by atoms with Crippen molar-refractivity contribution < 1.29 is 11.0 Å². The van der Waals surface area contributed by atoms with Gasteiger partial charge in [-0.2, -0.15) is 0 Å². The van der Waals surface area contributed by atoms with Crippen LogP contribution in [0.2, 0.25) is 0 Å². The first-order valence-corrected chi connectivity index (χ1v) is 16.8. The minimum atomic E-state index is -0.363. The van der Waals surface area contributed by atoms with Gasteiger partial charge in [0.15, 0.2) is 0 Å². The molecular weight excluding hydrogens is 621 g/mol. The maximum absolute atomic E-state index is 9.23. The fourth-order valence-electron chi connectivity index (χ4n) is 7.80. The van der Waals surface area contributed by atoms with Crippen molar-refractivity contribution in [3.05, 3.63) is 182 Å². The van der Waals surface area contributed by atoms with Gasteiger partial charge >= 0.3 is 0 Å². The van der Waals surface area contributed by atoms with Crippen LogP contribution in [0.5, 0.6) is 0 Å². The Labute approximate surface area is 304 Å². The van der Waals surface area contributed by atoms with Gasteiger partial charge in [0.05, 0.1) is 61.1 Å². The summed E-state index contributed by atoms with van der Waals surface area (Å²) in [7, 11) is 0. The standard InChI is InChI=1S/C47H30N4/c1-8-22-40-32(15-1)33-16-2-9-23-41(33)49(40)31-29-39(48-47(30-31)51-44-26-12-5-19-36(44)37-20-6-13-27-45(37)51)38-21-7-14-28-46(38)50-42-24-10-3-17-34(42)35-18-4-11-25-43(35)50/h1-30H/i1D,5D,8D,12D,15D,19D,22D,26D. The number of para-hydroxylation sites is 7. The number of pyridine rings is 1. The molecule has 11 rings (SSSR count). The first-order chi connectivity index (χ1) is 28.7. The molecule has 0 aliphatic rings. The Morgan fingerprint density at radius 3 is 1.45 bits per heavy atom. The summed E-state index contributed by atoms with van der Waals surface area (Å²) in [4.78, 5) is 5.37. The third-order valence-electron chi connectivity index (χ3n) is 9.90. The summed E-state index contributed by atoms with van der Waals surface area (Å²) >= 11 is 0. The Balaban J connectivity index is 1.32. The number of fused-ring (bicyclic) bond motifs is 9. The molecule has 7 aromatic carbocycles. The van der Waals surface area contributed by atoms with Gasteiger partial charge in [0.2, 0.25) is 0 Å². The van der Waals surface area contributed by atoms with Crippen LogP contribution < -0.4 is 0 Å². The van der Waals surface area contributed by atoms with E-state index in [1.807, 2.05) is 108 Å². The van der Waals surface area contributed by atoms with Crippen LogP contribution in [-0.2, 0) is 0 Å². The largest absolute Gasteiger partial charge is 0.309 e. The number of nitrogens with zero attached hydrogens (tertiary/aromatic N) is 4. The average molecular weight is 659 g/mol. The number of rotatable bonds is 4. The molecule has 4 heterocycles. The second kappa shape index (κ2) is 10.8. The summed E-state index contributed by atoms with van der Waals surface area (Å²) in [6.07, 6.45) is 0. The summed E-state index contributed by atoms with van der Waals surface area (Å²) in [5, 5.41) is 4.25. The molecule has 4 nitrogen and oxygen atoms in total. The van der Waals surface area contributed by atoms with E-state index in [-0.39, 0.29) is 53.9 Å². The fourth-order valence-corrected chi connectivity index (χ4v) is 7.80. The second-order valence-electron chi connectivity index (χ2n) is 12.6. The van der Waals surface area contributed by atoms with Gasteiger partial charge in [0.1, 0.15) is 5.82 Å². The normalized spacial score (nSPS) is 14.1. The van der Waals surface area contributed by atoms with Crippen molar-refractivity contribution in [1.82, 2.24) is 18.7 Å². The second-order valence-corrected chi connectivity index (χ2v) is 12.6. The summed E-state index contributed by atoms with van der Waals surface area (Å²) in [6, 6.07) is 41.1. The van der Waals surface area contributed by atoms with Crippen molar-refractivity contribution in [2.24, 2.45) is 0 Å². The predicted octanol–water partition coefficient (Wildman–Crippen LogP) is 12.0. The van der Waals surface area contributed by atoms with Gasteiger partial charge in [-0.25, -0.2) is 4.98 Å². The topological polar surface area (TPSA) is 27.7 Å². The zero-order valence-electron chi connectivity index (χ0n) is 35.0. The highest BCUT2D eigenvalue weighted by molar-refractivity contribution is 6.11. The van der Waals surface area contributed by atoms with E-state index >= 15 is 0 Å². The highest BCUT2D eigenvalue weighted by Gasteiger charge is 2.20. The van der Waals surface area contributed by atoms with Crippen LogP contribution in [0.1, 0.15) is 11.0 Å². The number of hydrogen-bond donors (Lipinski definition) is 0. The van der Waals surface area contributed by atoms with E-state index in [9.17, 15) is 2.74 Å². The molecule has 0 unspecified atom stereocenters. The highest BCUT2D eigenvalue weighted by Crippen LogP contribution is 2.39. The van der Waals surface area contributed by atoms with Gasteiger partial charge in [-0.3, -0.25) is 4.57 Å². The van der Waals surface area contributed by atoms with E-state index in [4.69, 9.17) is 13.2 Å². The molecule has 4 heteroatoms. The Bertz CT molecular complexity index is 3410. The molecule has 4 aromatic heterocycles. The molecule has 11 aromatic rings. The monoisotopic (exact) mass is 658 g/mol. The Morgan fingerprint density at radius 2 is 0.843 bits per heavy atom. The van der Waals surface area contributed by atoms with Gasteiger partial charge in [-0.15, -0.1) is 0 Å². The molecular formula is C47H30N4. The SMILES string of the molecule is [2H]c1c([2H])c([2H])c2c(c1[2H])c1ccccc1n2-c1cc(-c2ccccc2-n2c3ccccc3c3ccccc32)nc(-n2c3ccccc3c3c([2H])c([2H])c([2H])c([2H])c32)c1. The van der Waals surface area contributed by atoms with Crippen molar-refractivity contribution in [3.63, 3.8) is 0 Å². The lowest BCUT2D eigenvalue weighted by Crippen LogP contribution is -2.04. The van der Waals surface area contributed by atoms with E-state index < -0.39 is 0 Å². The van der Waals surface area contributed by atoms with E-state index in [0.717, 1.165) is 33.1 Å². The Morgan fingerprint density at radius 1 is 0.392 bits per heavy atom. The number of aromatic nitrogens is 4. The van der Waals surface area contributed by atoms with Crippen LogP contribution in [0, 0.1) is 0 Å². The van der Waals surface area contributed by atoms with Crippen molar-refractivity contribution in [1.29, 1.82) is 0 Å². The Kier molecular flexibility index (Phi) is 4.49. The van der Waals surface area contributed by atoms with Crippen LogP contribution in [0.15, 0.2) is 182 Å². The van der Waals surface area contributed by atoms with Crippen molar-refractivity contribution in [3.8, 4) is 28.5 Å². The highest BCUT2D eigenvalue weighted by atomic mass is 15.1. The quantitative estimate of drug-likeness (QED) is 0.185. The molecule has 0 atom stereocenters. The van der Waals surface area contributed by atoms with Gasteiger partial charge < -0.3 is 9.13 Å². The lowest BCUT2D eigenvalue weighted by Gasteiger charge is -2.17. The molecule has 0 bridgehead atoms. The maximum Gasteiger partial charge on any atom is 0.140 e. The molecule has 0 amide bonds. The molecule has 51 heavy (non-hydrogen) atoms. The van der Waals surface area contributed by atoms with Gasteiger partial charge in [0.25, 0.3) is 0 Å². The summed E-state index contributed by atoms with van der Waals surface area (Å²) < 4.78 is 77.0. The van der Waals surface area contributed by atoms with Crippen LogP contribution in [0.4, 0.5) is 0 Å². The van der Waals surface area contributed by atoms with E-state index in [1.54, 1.807) is 4.57 Å². The van der Waals surface area contributed by atoms with Gasteiger partial charge in [-0.05, 0) is 48.5 Å². The molecule has 0 N–H and O–H groups in total. The maximum atomic E-state index is 9.23. The van der Waals surface area contributed by atoms with Gasteiger partial charge in [-0.1, -0.05) is 127 Å².